The van der Waals surface area contributed by atoms with Crippen molar-refractivity contribution in [1.29, 1.82) is 0 Å². The maximum Gasteiger partial charge on any atom is 0.435 e. The van der Waals surface area contributed by atoms with Crippen LogP contribution in [0.15, 0.2) is 45.7 Å². The molecule has 1 aromatic carbocycles. The number of benzene rings is 1. The lowest BCUT2D eigenvalue weighted by Gasteiger charge is -2.30. The second-order valence-electron chi connectivity index (χ2n) is 8.87. The summed E-state index contributed by atoms with van der Waals surface area (Å²) < 4.78 is 95.1. The van der Waals surface area contributed by atoms with E-state index in [0.29, 0.717) is 10.5 Å². The van der Waals surface area contributed by atoms with Crippen LogP contribution in [0, 0.1) is 11.7 Å². The highest BCUT2D eigenvalue weighted by atomic mass is 35.5. The Kier molecular flexibility index (Phi) is 7.49. The largest absolute Gasteiger partial charge is 0.435 e. The molecule has 7 nitrogen and oxygen atoms in total. The fourth-order valence-electron chi connectivity index (χ4n) is 4.30. The Hall–Kier alpha value is -3.13. The number of amides is 2. The normalized spacial score (nSPS) is 25.2. The maximum absolute atomic E-state index is 14.2. The monoisotopic (exact) mass is 601 g/mol. The van der Waals surface area contributed by atoms with Crippen molar-refractivity contribution in [3.63, 3.8) is 0 Å². The van der Waals surface area contributed by atoms with Crippen LogP contribution in [0.5, 0.6) is 0 Å². The quantitative estimate of drug-likeness (QED) is 0.228. The lowest BCUT2D eigenvalue weighted by molar-refractivity contribution is -0.275. The van der Waals surface area contributed by atoms with Crippen molar-refractivity contribution in [3.8, 4) is 0 Å². The van der Waals surface area contributed by atoms with Crippen LogP contribution in [0.1, 0.15) is 31.7 Å². The molecule has 210 valence electrons. The van der Waals surface area contributed by atoms with Crippen LogP contribution in [0.4, 0.5) is 30.7 Å². The Morgan fingerprint density at radius 2 is 1.79 bits per heavy atom. The van der Waals surface area contributed by atoms with Gasteiger partial charge in [-0.3, -0.25) is 9.59 Å². The number of carbonyl (C=O) groups is 2. The minimum Gasteiger partial charge on any atom is -0.374 e. The van der Waals surface area contributed by atoms with Crippen LogP contribution in [-0.4, -0.2) is 47.2 Å². The molecule has 16 heteroatoms. The number of alkyl halides is 6. The number of halogens is 9. The van der Waals surface area contributed by atoms with E-state index in [0.717, 1.165) is 12.1 Å². The molecule has 0 N–H and O–H groups in total. The first kappa shape index (κ1) is 28.9. The molecule has 2 unspecified atom stereocenters. The van der Waals surface area contributed by atoms with E-state index in [1.165, 1.54) is 19.1 Å². The summed E-state index contributed by atoms with van der Waals surface area (Å²) in [6, 6.07) is 1.49. The number of imide groups is 1. The zero-order valence-electron chi connectivity index (χ0n) is 19.5. The molecule has 0 radical (unpaired) electrons. The number of hydrogen-bond donors (Lipinski definition) is 0. The van der Waals surface area contributed by atoms with Gasteiger partial charge in [0.15, 0.2) is 11.5 Å². The SMILES string of the molecule is CC1=CC(C2=NO[C@@](c3cc(Cl)c(F)c(Cl)c3)(C(F)(F)F)C2)=CCC1C(=O)N(C=O)C1CC(C(F)(F)F)=NO1. The van der Waals surface area contributed by atoms with Gasteiger partial charge in [0.1, 0.15) is 0 Å². The molecule has 0 saturated heterocycles. The summed E-state index contributed by atoms with van der Waals surface area (Å²) in [6.07, 6.45) is -10.5. The first-order valence-corrected chi connectivity index (χ1v) is 11.8. The summed E-state index contributed by atoms with van der Waals surface area (Å²) in [6.45, 7) is 1.46. The van der Waals surface area contributed by atoms with Gasteiger partial charge in [-0.2, -0.15) is 26.3 Å². The van der Waals surface area contributed by atoms with Crippen molar-refractivity contribution in [3.05, 3.63) is 56.9 Å². The third-order valence-corrected chi connectivity index (χ3v) is 6.98. The topological polar surface area (TPSA) is 80.6 Å². The van der Waals surface area contributed by atoms with Crippen molar-refractivity contribution in [2.45, 2.75) is 50.4 Å². The molecule has 39 heavy (non-hydrogen) atoms. The number of carbonyl (C=O) groups excluding carboxylic acids is 2. The highest BCUT2D eigenvalue weighted by molar-refractivity contribution is 6.35. The van der Waals surface area contributed by atoms with Gasteiger partial charge in [-0.15, -0.1) is 0 Å². The molecule has 3 aliphatic rings. The van der Waals surface area contributed by atoms with Crippen LogP contribution in [0.2, 0.25) is 10.0 Å². The predicted molar refractivity (Wildman–Crippen MR) is 123 cm³/mol. The number of rotatable bonds is 5. The van der Waals surface area contributed by atoms with Crippen LogP contribution in [-0.2, 0) is 24.9 Å². The molecule has 2 heterocycles. The van der Waals surface area contributed by atoms with Gasteiger partial charge in [0, 0.05) is 12.0 Å². The number of hydrogen-bond acceptors (Lipinski definition) is 6. The molecule has 0 saturated carbocycles. The third-order valence-electron chi connectivity index (χ3n) is 6.43. The summed E-state index contributed by atoms with van der Waals surface area (Å²) in [5.41, 5.74) is -4.57. The molecule has 4 rings (SSSR count). The minimum absolute atomic E-state index is 0.0277. The molecule has 1 aromatic rings. The van der Waals surface area contributed by atoms with Crippen molar-refractivity contribution >= 4 is 46.9 Å². The average molecular weight is 602 g/mol. The van der Waals surface area contributed by atoms with E-state index in [1.54, 1.807) is 0 Å². The smallest absolute Gasteiger partial charge is 0.374 e. The molecule has 3 atom stereocenters. The fraction of sp³-hybridized carbons (Fsp3) is 0.391. The second-order valence-corrected chi connectivity index (χ2v) is 9.69. The van der Waals surface area contributed by atoms with Crippen LogP contribution in [0.3, 0.4) is 0 Å². The standard InChI is InChI=1S/C23H16Cl2F7N3O4/c1-10-4-11(2-3-13(10)20(37)35(9-36)18-7-17(34-38-18)22(27,28)29)16-8-21(39-33-16,23(30,31)32)12-5-14(24)19(26)15(25)6-12/h2,4-6,9,13,18H,3,7-8H2,1H3/t13?,18?,21-/m0/s1. The summed E-state index contributed by atoms with van der Waals surface area (Å²) in [5, 5.41) is 5.20. The molecular formula is C23H16Cl2F7N3O4. The Morgan fingerprint density at radius 3 is 2.31 bits per heavy atom. The third kappa shape index (κ3) is 5.23. The van der Waals surface area contributed by atoms with Crippen molar-refractivity contribution in [2.24, 2.45) is 16.2 Å². The van der Waals surface area contributed by atoms with E-state index >= 15 is 0 Å². The molecule has 2 aliphatic heterocycles. The molecule has 0 bridgehead atoms. The van der Waals surface area contributed by atoms with Crippen LogP contribution in [0.25, 0.3) is 0 Å². The Morgan fingerprint density at radius 1 is 1.15 bits per heavy atom. The summed E-state index contributed by atoms with van der Waals surface area (Å²) in [7, 11) is 0. The molecule has 1 aliphatic carbocycles. The van der Waals surface area contributed by atoms with E-state index in [4.69, 9.17) is 28.0 Å². The van der Waals surface area contributed by atoms with E-state index in [1.807, 2.05) is 0 Å². The number of nitrogens with zero attached hydrogens (tertiary/aromatic N) is 3. The summed E-state index contributed by atoms with van der Waals surface area (Å²) >= 11 is 11.4. The van der Waals surface area contributed by atoms with Gasteiger partial charge in [-0.25, -0.2) is 9.29 Å². The Labute approximate surface area is 225 Å². The van der Waals surface area contributed by atoms with Crippen molar-refractivity contribution < 1.29 is 50.0 Å². The van der Waals surface area contributed by atoms with Gasteiger partial charge in [0.25, 0.3) is 5.60 Å². The second kappa shape index (κ2) is 10.1. The average Bonchev–Trinajstić information content (AvgIpc) is 3.51. The highest BCUT2D eigenvalue weighted by Gasteiger charge is 2.62. The molecule has 0 spiro atoms. The van der Waals surface area contributed by atoms with Gasteiger partial charge >= 0.3 is 12.4 Å². The lowest BCUT2D eigenvalue weighted by Crippen LogP contribution is -2.44. The van der Waals surface area contributed by atoms with Crippen molar-refractivity contribution in [1.82, 2.24) is 4.90 Å². The minimum atomic E-state index is -5.03. The lowest BCUT2D eigenvalue weighted by atomic mass is 9.82. The first-order valence-electron chi connectivity index (χ1n) is 11.0. The Bertz CT molecular complexity index is 1320. The number of allylic oxidation sites excluding steroid dienone is 3. The van der Waals surface area contributed by atoms with Crippen LogP contribution >= 0.6 is 23.2 Å². The van der Waals surface area contributed by atoms with Gasteiger partial charge in [0.2, 0.25) is 18.5 Å². The molecule has 2 amide bonds. The van der Waals surface area contributed by atoms with E-state index < -0.39 is 76.0 Å². The van der Waals surface area contributed by atoms with Crippen molar-refractivity contribution in [2.75, 3.05) is 0 Å². The maximum atomic E-state index is 14.2. The van der Waals surface area contributed by atoms with Crippen LogP contribution < -0.4 is 0 Å². The predicted octanol–water partition coefficient (Wildman–Crippen LogP) is 6.21. The molecular weight excluding hydrogens is 586 g/mol. The van der Waals surface area contributed by atoms with E-state index in [-0.39, 0.29) is 24.1 Å². The summed E-state index contributed by atoms with van der Waals surface area (Å²) in [5.74, 6) is -3.01. The number of oxime groups is 2. The fourth-order valence-corrected chi connectivity index (χ4v) is 4.79. The zero-order valence-corrected chi connectivity index (χ0v) is 21.1. The van der Waals surface area contributed by atoms with Gasteiger partial charge in [-0.05, 0) is 31.1 Å². The van der Waals surface area contributed by atoms with E-state index in [2.05, 4.69) is 15.1 Å². The van der Waals surface area contributed by atoms with Gasteiger partial charge in [0.05, 0.1) is 28.1 Å². The van der Waals surface area contributed by atoms with E-state index in [9.17, 15) is 40.3 Å². The van der Waals surface area contributed by atoms with Gasteiger partial charge < -0.3 is 9.68 Å². The Balaban J connectivity index is 1.52. The summed E-state index contributed by atoms with van der Waals surface area (Å²) in [4.78, 5) is 34.5. The zero-order chi connectivity index (χ0) is 28.9. The molecule has 0 aromatic heterocycles. The van der Waals surface area contributed by atoms with Gasteiger partial charge in [-0.1, -0.05) is 51.2 Å². The highest BCUT2D eigenvalue weighted by Crippen LogP contribution is 2.50. The first-order chi connectivity index (χ1) is 18.1. The molecule has 0 fully saturated rings.